The Morgan fingerprint density at radius 1 is 0.879 bits per heavy atom. The van der Waals surface area contributed by atoms with Crippen molar-refractivity contribution in [2.45, 2.75) is 6.61 Å². The normalized spacial score (nSPS) is 10.8. The molecular weight excluding hydrogens is 416 g/mol. The maximum Gasteiger partial charge on any atom is 0.271 e. The van der Waals surface area contributed by atoms with Crippen molar-refractivity contribution in [1.82, 2.24) is 5.43 Å². The van der Waals surface area contributed by atoms with Crippen molar-refractivity contribution in [2.75, 3.05) is 14.2 Å². The summed E-state index contributed by atoms with van der Waals surface area (Å²) in [4.78, 5) is 12.5. The van der Waals surface area contributed by atoms with E-state index < -0.39 is 0 Å². The Bertz CT molecular complexity index is 1270. The molecule has 1 N–H and O–H groups in total. The van der Waals surface area contributed by atoms with Crippen LogP contribution in [0.4, 0.5) is 0 Å². The minimum Gasteiger partial charge on any atom is -0.497 e. The minimum atomic E-state index is -0.377. The van der Waals surface area contributed by atoms with Crippen LogP contribution in [0.5, 0.6) is 17.2 Å². The largest absolute Gasteiger partial charge is 0.497 e. The van der Waals surface area contributed by atoms with Gasteiger partial charge in [-0.25, -0.2) is 5.43 Å². The number of amides is 1. The van der Waals surface area contributed by atoms with Gasteiger partial charge >= 0.3 is 0 Å². The topological polar surface area (TPSA) is 69.2 Å². The molecule has 6 heteroatoms. The first-order valence-electron chi connectivity index (χ1n) is 10.4. The van der Waals surface area contributed by atoms with Gasteiger partial charge in [0.15, 0.2) is 0 Å². The van der Waals surface area contributed by atoms with Crippen LogP contribution in [0.15, 0.2) is 90.0 Å². The summed E-state index contributed by atoms with van der Waals surface area (Å²) >= 11 is 0. The zero-order valence-electron chi connectivity index (χ0n) is 18.4. The lowest BCUT2D eigenvalue weighted by atomic mass is 10.1. The van der Waals surface area contributed by atoms with Gasteiger partial charge in [0.1, 0.15) is 23.9 Å². The van der Waals surface area contributed by atoms with E-state index in [2.05, 4.69) is 34.8 Å². The summed E-state index contributed by atoms with van der Waals surface area (Å²) in [5.74, 6) is 1.34. The van der Waals surface area contributed by atoms with Crippen molar-refractivity contribution in [3.63, 3.8) is 0 Å². The predicted molar refractivity (Wildman–Crippen MR) is 129 cm³/mol. The van der Waals surface area contributed by atoms with Crippen LogP contribution in [0.25, 0.3) is 10.8 Å². The van der Waals surface area contributed by atoms with Crippen LogP contribution < -0.4 is 19.6 Å². The lowest BCUT2D eigenvalue weighted by Crippen LogP contribution is -2.17. The second-order valence-electron chi connectivity index (χ2n) is 7.27. The van der Waals surface area contributed by atoms with E-state index in [-0.39, 0.29) is 5.91 Å². The molecule has 4 rings (SSSR count). The van der Waals surface area contributed by atoms with Crippen LogP contribution in [0, 0.1) is 0 Å². The molecule has 0 spiro atoms. The van der Waals surface area contributed by atoms with Gasteiger partial charge in [0.05, 0.1) is 20.4 Å². The monoisotopic (exact) mass is 440 g/mol. The first-order valence-corrected chi connectivity index (χ1v) is 10.4. The number of hydrogen-bond acceptors (Lipinski definition) is 5. The molecule has 0 saturated heterocycles. The van der Waals surface area contributed by atoms with Gasteiger partial charge in [-0.1, -0.05) is 54.6 Å². The zero-order valence-corrected chi connectivity index (χ0v) is 18.4. The van der Waals surface area contributed by atoms with E-state index in [1.807, 2.05) is 42.5 Å². The van der Waals surface area contributed by atoms with Crippen molar-refractivity contribution in [2.24, 2.45) is 5.10 Å². The molecule has 0 aliphatic rings. The third-order valence-corrected chi connectivity index (χ3v) is 5.17. The van der Waals surface area contributed by atoms with Gasteiger partial charge in [-0.05, 0) is 40.6 Å². The summed E-state index contributed by atoms with van der Waals surface area (Å²) in [6, 6.07) is 26.9. The minimum absolute atomic E-state index is 0.377. The quantitative estimate of drug-likeness (QED) is 0.302. The van der Waals surface area contributed by atoms with Crippen molar-refractivity contribution in [3.05, 3.63) is 102 Å². The third kappa shape index (κ3) is 5.30. The molecule has 0 aromatic heterocycles. The Hall–Kier alpha value is -4.32. The van der Waals surface area contributed by atoms with E-state index >= 15 is 0 Å². The number of para-hydroxylation sites is 1. The van der Waals surface area contributed by atoms with Crippen LogP contribution in [-0.4, -0.2) is 26.3 Å². The Balaban J connectivity index is 1.46. The lowest BCUT2D eigenvalue weighted by Gasteiger charge is -2.11. The zero-order chi connectivity index (χ0) is 23.0. The van der Waals surface area contributed by atoms with E-state index in [1.165, 1.54) is 19.6 Å². The lowest BCUT2D eigenvalue weighted by molar-refractivity contribution is 0.0954. The first kappa shape index (κ1) is 21.9. The summed E-state index contributed by atoms with van der Waals surface area (Å²) in [7, 11) is 3.06. The molecule has 0 unspecified atom stereocenters. The molecule has 0 radical (unpaired) electrons. The predicted octanol–water partition coefficient (Wildman–Crippen LogP) is 5.20. The number of ether oxygens (including phenoxy) is 3. The van der Waals surface area contributed by atoms with Gasteiger partial charge in [-0.15, -0.1) is 0 Å². The Morgan fingerprint density at radius 2 is 1.58 bits per heavy atom. The fraction of sp³-hybridized carbons (Fsp3) is 0.111. The summed E-state index contributed by atoms with van der Waals surface area (Å²) in [6.45, 7) is 0.419. The molecule has 0 aliphatic heterocycles. The molecular formula is C27H24N2O4. The van der Waals surface area contributed by atoms with Crippen molar-refractivity contribution in [3.8, 4) is 17.2 Å². The summed E-state index contributed by atoms with van der Waals surface area (Å²) in [6.07, 6.45) is 1.56. The fourth-order valence-electron chi connectivity index (χ4n) is 3.46. The highest BCUT2D eigenvalue weighted by Gasteiger charge is 2.09. The standard InChI is InChI=1S/C27H24N2O4/c1-31-23-14-22(15-24(16-23)32-2)27(30)29-28-17-20-9-4-6-13-26(20)33-18-21-11-7-10-19-8-3-5-12-25(19)21/h3-17H,18H2,1-2H3,(H,29,30)/b28-17-. The van der Waals surface area contributed by atoms with Crippen LogP contribution in [0.3, 0.4) is 0 Å². The number of fused-ring (bicyclic) bond motifs is 1. The molecule has 166 valence electrons. The number of hydrogen-bond donors (Lipinski definition) is 1. The van der Waals surface area contributed by atoms with Crippen molar-refractivity contribution in [1.29, 1.82) is 0 Å². The molecule has 0 fully saturated rings. The molecule has 0 bridgehead atoms. The molecule has 33 heavy (non-hydrogen) atoms. The smallest absolute Gasteiger partial charge is 0.271 e. The fourth-order valence-corrected chi connectivity index (χ4v) is 3.46. The van der Waals surface area contributed by atoms with Gasteiger partial charge in [0.25, 0.3) is 5.91 Å². The molecule has 4 aromatic rings. The van der Waals surface area contributed by atoms with Gasteiger partial charge in [-0.2, -0.15) is 5.10 Å². The molecule has 4 aromatic carbocycles. The summed E-state index contributed by atoms with van der Waals surface area (Å²) in [5, 5.41) is 6.44. The Morgan fingerprint density at radius 3 is 2.36 bits per heavy atom. The van der Waals surface area contributed by atoms with Crippen LogP contribution in [0.2, 0.25) is 0 Å². The number of nitrogens with one attached hydrogen (secondary N) is 1. The SMILES string of the molecule is COc1cc(OC)cc(C(=O)N/N=C\c2ccccc2OCc2cccc3ccccc23)c1. The third-order valence-electron chi connectivity index (χ3n) is 5.17. The number of benzene rings is 4. The van der Waals surface area contributed by atoms with Gasteiger partial charge in [0.2, 0.25) is 0 Å². The molecule has 1 amide bonds. The Labute approximate surface area is 192 Å². The number of carbonyl (C=O) groups excluding carboxylic acids is 1. The maximum absolute atomic E-state index is 12.5. The second-order valence-corrected chi connectivity index (χ2v) is 7.27. The average molecular weight is 440 g/mol. The second kappa shape index (κ2) is 10.3. The van der Waals surface area contributed by atoms with E-state index in [0.29, 0.717) is 29.4 Å². The van der Waals surface area contributed by atoms with E-state index in [4.69, 9.17) is 14.2 Å². The van der Waals surface area contributed by atoms with Gasteiger partial charge in [-0.3, -0.25) is 4.79 Å². The van der Waals surface area contributed by atoms with Gasteiger partial charge < -0.3 is 14.2 Å². The van der Waals surface area contributed by atoms with E-state index in [1.54, 1.807) is 24.4 Å². The van der Waals surface area contributed by atoms with E-state index in [0.717, 1.165) is 16.5 Å². The highest BCUT2D eigenvalue weighted by molar-refractivity contribution is 5.96. The van der Waals surface area contributed by atoms with Crippen molar-refractivity contribution < 1.29 is 19.0 Å². The Kier molecular flexibility index (Phi) is 6.85. The number of methoxy groups -OCH3 is 2. The number of carbonyl (C=O) groups is 1. The molecule has 0 saturated carbocycles. The van der Waals surface area contributed by atoms with Crippen molar-refractivity contribution >= 4 is 22.9 Å². The van der Waals surface area contributed by atoms with Gasteiger partial charge in [0, 0.05) is 17.2 Å². The summed E-state index contributed by atoms with van der Waals surface area (Å²) < 4.78 is 16.5. The molecule has 0 atom stereocenters. The number of nitrogens with zero attached hydrogens (tertiary/aromatic N) is 1. The van der Waals surface area contributed by atoms with Crippen LogP contribution >= 0.6 is 0 Å². The van der Waals surface area contributed by atoms with Crippen LogP contribution in [-0.2, 0) is 6.61 Å². The number of hydrazone groups is 1. The average Bonchev–Trinajstić information content (AvgIpc) is 2.87. The molecule has 0 aliphatic carbocycles. The van der Waals surface area contributed by atoms with Crippen LogP contribution in [0.1, 0.15) is 21.5 Å². The molecule has 6 nitrogen and oxygen atoms in total. The maximum atomic E-state index is 12.5. The first-order chi connectivity index (χ1) is 16.2. The highest BCUT2D eigenvalue weighted by atomic mass is 16.5. The molecule has 0 heterocycles. The number of rotatable bonds is 8. The summed E-state index contributed by atoms with van der Waals surface area (Å²) in [5.41, 5.74) is 4.77. The van der Waals surface area contributed by atoms with E-state index in [9.17, 15) is 4.79 Å². The highest BCUT2D eigenvalue weighted by Crippen LogP contribution is 2.23.